The van der Waals surface area contributed by atoms with Crippen molar-refractivity contribution in [3.63, 3.8) is 0 Å². The predicted molar refractivity (Wildman–Crippen MR) is 81.9 cm³/mol. The molecule has 0 aliphatic rings. The smallest absolute Gasteiger partial charge is 0.125 e. The molecule has 0 amide bonds. The van der Waals surface area contributed by atoms with Crippen molar-refractivity contribution in [2.45, 2.75) is 6.04 Å². The Labute approximate surface area is 124 Å². The van der Waals surface area contributed by atoms with E-state index in [0.717, 1.165) is 22.6 Å². The average molecular weight is 292 g/mol. The molecule has 20 heavy (non-hydrogen) atoms. The van der Waals surface area contributed by atoms with Gasteiger partial charge in [-0.05, 0) is 36.9 Å². The highest BCUT2D eigenvalue weighted by Crippen LogP contribution is 2.32. The van der Waals surface area contributed by atoms with Crippen molar-refractivity contribution >= 4 is 11.6 Å². The molecule has 4 heteroatoms. The molecule has 0 aliphatic carbocycles. The number of nitrogens with one attached hydrogen (secondary N) is 1. The second-order valence-electron chi connectivity index (χ2n) is 4.38. The van der Waals surface area contributed by atoms with Gasteiger partial charge in [-0.1, -0.05) is 29.8 Å². The Morgan fingerprint density at radius 1 is 1.00 bits per heavy atom. The molecule has 2 aromatic rings. The number of methoxy groups -OCH3 is 2. The Balaban J connectivity index is 2.40. The number of benzene rings is 2. The standard InChI is InChI=1S/C16H18ClNO2/c1-18-16(11-4-7-13(19-2)8-5-11)14-9-6-12(17)10-15(14)20-3/h4-10,16,18H,1-3H3. The summed E-state index contributed by atoms with van der Waals surface area (Å²) in [6, 6.07) is 13.7. The van der Waals surface area contributed by atoms with Crippen molar-refractivity contribution in [2.75, 3.05) is 21.3 Å². The predicted octanol–water partition coefficient (Wildman–Crippen LogP) is 3.67. The van der Waals surface area contributed by atoms with Gasteiger partial charge in [0.2, 0.25) is 0 Å². The molecule has 0 aliphatic heterocycles. The Bertz CT molecular complexity index is 569. The summed E-state index contributed by atoms with van der Waals surface area (Å²) in [4.78, 5) is 0. The van der Waals surface area contributed by atoms with Crippen molar-refractivity contribution in [3.8, 4) is 11.5 Å². The van der Waals surface area contributed by atoms with Crippen LogP contribution in [0, 0.1) is 0 Å². The minimum atomic E-state index is 0.0353. The third-order valence-corrected chi connectivity index (χ3v) is 3.48. The van der Waals surface area contributed by atoms with E-state index in [9.17, 15) is 0 Å². The lowest BCUT2D eigenvalue weighted by Crippen LogP contribution is -2.18. The molecule has 1 atom stereocenters. The minimum Gasteiger partial charge on any atom is -0.497 e. The Hall–Kier alpha value is -1.71. The topological polar surface area (TPSA) is 30.5 Å². The van der Waals surface area contributed by atoms with Gasteiger partial charge < -0.3 is 14.8 Å². The van der Waals surface area contributed by atoms with Crippen LogP contribution in [-0.4, -0.2) is 21.3 Å². The fraction of sp³-hybridized carbons (Fsp3) is 0.250. The van der Waals surface area contributed by atoms with Crippen LogP contribution in [0.3, 0.4) is 0 Å². The molecule has 2 aromatic carbocycles. The van der Waals surface area contributed by atoms with Crippen molar-refractivity contribution in [2.24, 2.45) is 0 Å². The average Bonchev–Trinajstić information content (AvgIpc) is 2.50. The number of halogens is 1. The largest absolute Gasteiger partial charge is 0.497 e. The lowest BCUT2D eigenvalue weighted by atomic mass is 9.98. The molecule has 0 spiro atoms. The molecule has 0 fully saturated rings. The fourth-order valence-corrected chi connectivity index (χ4v) is 2.38. The van der Waals surface area contributed by atoms with E-state index in [1.807, 2.05) is 49.5 Å². The lowest BCUT2D eigenvalue weighted by molar-refractivity contribution is 0.405. The van der Waals surface area contributed by atoms with E-state index in [2.05, 4.69) is 5.32 Å². The van der Waals surface area contributed by atoms with Crippen LogP contribution in [0.25, 0.3) is 0 Å². The first-order valence-electron chi connectivity index (χ1n) is 6.34. The first-order chi connectivity index (χ1) is 9.69. The molecule has 3 nitrogen and oxygen atoms in total. The Kier molecular flexibility index (Phi) is 4.88. The highest BCUT2D eigenvalue weighted by atomic mass is 35.5. The van der Waals surface area contributed by atoms with E-state index in [-0.39, 0.29) is 6.04 Å². The SMILES string of the molecule is CNC(c1ccc(OC)cc1)c1ccc(Cl)cc1OC. The monoisotopic (exact) mass is 291 g/mol. The van der Waals surface area contributed by atoms with Crippen LogP contribution in [-0.2, 0) is 0 Å². The van der Waals surface area contributed by atoms with Gasteiger partial charge in [0.05, 0.1) is 20.3 Å². The summed E-state index contributed by atoms with van der Waals surface area (Å²) >= 11 is 6.01. The molecule has 0 aromatic heterocycles. The summed E-state index contributed by atoms with van der Waals surface area (Å²) in [6.45, 7) is 0. The van der Waals surface area contributed by atoms with Crippen LogP contribution in [0.2, 0.25) is 5.02 Å². The molecule has 0 radical (unpaired) electrons. The number of hydrogen-bond donors (Lipinski definition) is 1. The zero-order valence-corrected chi connectivity index (χ0v) is 12.6. The van der Waals surface area contributed by atoms with Crippen LogP contribution in [0.5, 0.6) is 11.5 Å². The maximum atomic E-state index is 6.01. The van der Waals surface area contributed by atoms with Crippen LogP contribution >= 0.6 is 11.6 Å². The molecule has 0 heterocycles. The quantitative estimate of drug-likeness (QED) is 0.912. The molecule has 0 saturated heterocycles. The summed E-state index contributed by atoms with van der Waals surface area (Å²) in [5.74, 6) is 1.61. The first-order valence-corrected chi connectivity index (χ1v) is 6.72. The van der Waals surface area contributed by atoms with E-state index in [1.54, 1.807) is 14.2 Å². The molecular weight excluding hydrogens is 274 g/mol. The van der Waals surface area contributed by atoms with Gasteiger partial charge in [0.25, 0.3) is 0 Å². The normalized spacial score (nSPS) is 12.0. The third-order valence-electron chi connectivity index (χ3n) is 3.24. The molecule has 106 valence electrons. The molecule has 0 bridgehead atoms. The van der Waals surface area contributed by atoms with E-state index in [4.69, 9.17) is 21.1 Å². The van der Waals surface area contributed by atoms with E-state index < -0.39 is 0 Å². The number of ether oxygens (including phenoxy) is 2. The zero-order chi connectivity index (χ0) is 14.5. The fourth-order valence-electron chi connectivity index (χ4n) is 2.22. The van der Waals surface area contributed by atoms with Crippen LogP contribution in [0.4, 0.5) is 0 Å². The maximum Gasteiger partial charge on any atom is 0.125 e. The van der Waals surface area contributed by atoms with Gasteiger partial charge in [-0.25, -0.2) is 0 Å². The van der Waals surface area contributed by atoms with E-state index in [0.29, 0.717) is 5.02 Å². The minimum absolute atomic E-state index is 0.0353. The summed E-state index contributed by atoms with van der Waals surface area (Å²) in [6.07, 6.45) is 0. The van der Waals surface area contributed by atoms with Gasteiger partial charge >= 0.3 is 0 Å². The van der Waals surface area contributed by atoms with Gasteiger partial charge in [-0.15, -0.1) is 0 Å². The van der Waals surface area contributed by atoms with Crippen molar-refractivity contribution in [3.05, 3.63) is 58.6 Å². The molecule has 0 saturated carbocycles. The van der Waals surface area contributed by atoms with Gasteiger partial charge in [0.1, 0.15) is 11.5 Å². The van der Waals surface area contributed by atoms with Gasteiger partial charge in [-0.2, -0.15) is 0 Å². The lowest BCUT2D eigenvalue weighted by Gasteiger charge is -2.20. The molecule has 2 rings (SSSR count). The summed E-state index contributed by atoms with van der Waals surface area (Å²) in [5, 5.41) is 3.96. The van der Waals surface area contributed by atoms with E-state index >= 15 is 0 Å². The van der Waals surface area contributed by atoms with Gasteiger partial charge in [0, 0.05) is 10.6 Å². The zero-order valence-electron chi connectivity index (χ0n) is 11.8. The second kappa shape index (κ2) is 6.64. The Morgan fingerprint density at radius 2 is 1.70 bits per heavy atom. The molecule has 1 N–H and O–H groups in total. The summed E-state index contributed by atoms with van der Waals surface area (Å²) in [5.41, 5.74) is 2.18. The summed E-state index contributed by atoms with van der Waals surface area (Å²) < 4.78 is 10.6. The van der Waals surface area contributed by atoms with Crippen molar-refractivity contribution in [1.29, 1.82) is 0 Å². The molecular formula is C16H18ClNO2. The number of rotatable bonds is 5. The van der Waals surface area contributed by atoms with Crippen molar-refractivity contribution < 1.29 is 9.47 Å². The Morgan fingerprint density at radius 3 is 2.25 bits per heavy atom. The van der Waals surface area contributed by atoms with Crippen LogP contribution in [0.15, 0.2) is 42.5 Å². The maximum absolute atomic E-state index is 6.01. The van der Waals surface area contributed by atoms with Gasteiger partial charge in [-0.3, -0.25) is 0 Å². The first kappa shape index (κ1) is 14.7. The second-order valence-corrected chi connectivity index (χ2v) is 4.82. The van der Waals surface area contributed by atoms with E-state index in [1.165, 1.54) is 0 Å². The highest BCUT2D eigenvalue weighted by Gasteiger charge is 2.16. The van der Waals surface area contributed by atoms with Gasteiger partial charge in [0.15, 0.2) is 0 Å². The van der Waals surface area contributed by atoms with Crippen molar-refractivity contribution in [1.82, 2.24) is 5.32 Å². The molecule has 1 unspecified atom stereocenters. The summed E-state index contributed by atoms with van der Waals surface area (Å²) in [7, 11) is 5.23. The number of hydrogen-bond acceptors (Lipinski definition) is 3. The van der Waals surface area contributed by atoms with Crippen LogP contribution < -0.4 is 14.8 Å². The van der Waals surface area contributed by atoms with Crippen LogP contribution in [0.1, 0.15) is 17.2 Å². The third kappa shape index (κ3) is 3.06. The highest BCUT2D eigenvalue weighted by molar-refractivity contribution is 6.30.